The number of halogens is 1. The standard InChI is InChI=1S/C6H7NO.ClH/c7-5-3-1-2-4-6(5)8;/h1-4,6-8H;1H. The summed E-state index contributed by atoms with van der Waals surface area (Å²) in [5.74, 6) is 0. The normalized spacial score (nSPS) is 23.7. The van der Waals surface area contributed by atoms with E-state index in [1.807, 2.05) is 0 Å². The van der Waals surface area contributed by atoms with Crippen molar-refractivity contribution in [2.24, 2.45) is 0 Å². The summed E-state index contributed by atoms with van der Waals surface area (Å²) >= 11 is 0. The summed E-state index contributed by atoms with van der Waals surface area (Å²) < 4.78 is 0. The molecule has 0 bridgehead atoms. The van der Waals surface area contributed by atoms with Crippen molar-refractivity contribution in [3.05, 3.63) is 24.3 Å². The van der Waals surface area contributed by atoms with Gasteiger partial charge in [-0.25, -0.2) is 0 Å². The maximum atomic E-state index is 8.82. The molecule has 0 amide bonds. The Bertz CT molecular complexity index is 162. The van der Waals surface area contributed by atoms with E-state index in [0.717, 1.165) is 0 Å². The SMILES string of the molecule is Cl.N=C1C=CC=CC1O. The van der Waals surface area contributed by atoms with Crippen molar-refractivity contribution in [1.29, 1.82) is 5.41 Å². The maximum Gasteiger partial charge on any atom is 0.114 e. The zero-order valence-electron chi connectivity index (χ0n) is 4.74. The van der Waals surface area contributed by atoms with Crippen LogP contribution in [0, 0.1) is 5.41 Å². The Kier molecular flexibility index (Phi) is 3.20. The van der Waals surface area contributed by atoms with Gasteiger partial charge in [0.15, 0.2) is 0 Å². The summed E-state index contributed by atoms with van der Waals surface area (Å²) in [5.41, 5.74) is 0.257. The molecule has 50 valence electrons. The van der Waals surface area contributed by atoms with Gasteiger partial charge in [-0.05, 0) is 6.08 Å². The zero-order valence-corrected chi connectivity index (χ0v) is 5.56. The summed E-state index contributed by atoms with van der Waals surface area (Å²) in [6.07, 6.45) is 5.92. The van der Waals surface area contributed by atoms with Crippen molar-refractivity contribution in [3.8, 4) is 0 Å². The lowest BCUT2D eigenvalue weighted by atomic mass is 10.1. The van der Waals surface area contributed by atoms with Crippen LogP contribution < -0.4 is 0 Å². The van der Waals surface area contributed by atoms with E-state index < -0.39 is 6.10 Å². The van der Waals surface area contributed by atoms with Gasteiger partial charge in [-0.3, -0.25) is 0 Å². The minimum absolute atomic E-state index is 0. The third-order valence-corrected chi connectivity index (χ3v) is 0.999. The van der Waals surface area contributed by atoms with Gasteiger partial charge >= 0.3 is 0 Å². The Morgan fingerprint density at radius 3 is 2.44 bits per heavy atom. The molecule has 0 saturated heterocycles. The minimum Gasteiger partial charge on any atom is -0.383 e. The van der Waals surface area contributed by atoms with Gasteiger partial charge in [-0.1, -0.05) is 18.2 Å². The van der Waals surface area contributed by atoms with Gasteiger partial charge in [-0.2, -0.15) is 0 Å². The van der Waals surface area contributed by atoms with E-state index in [2.05, 4.69) is 0 Å². The van der Waals surface area contributed by atoms with Crippen LogP contribution in [0.25, 0.3) is 0 Å². The highest BCUT2D eigenvalue weighted by Crippen LogP contribution is 1.97. The van der Waals surface area contributed by atoms with Crippen LogP contribution in [0.2, 0.25) is 0 Å². The van der Waals surface area contributed by atoms with Crippen molar-refractivity contribution >= 4 is 18.1 Å². The zero-order chi connectivity index (χ0) is 5.98. The van der Waals surface area contributed by atoms with Crippen LogP contribution in [0.5, 0.6) is 0 Å². The second kappa shape index (κ2) is 3.43. The average Bonchev–Trinajstić information content (AvgIpc) is 1.77. The van der Waals surface area contributed by atoms with Crippen molar-refractivity contribution in [2.45, 2.75) is 6.10 Å². The molecule has 0 fully saturated rings. The van der Waals surface area contributed by atoms with E-state index in [9.17, 15) is 0 Å². The Morgan fingerprint density at radius 2 is 2.11 bits per heavy atom. The number of allylic oxidation sites excluding steroid dienone is 2. The van der Waals surface area contributed by atoms with Crippen molar-refractivity contribution < 1.29 is 5.11 Å². The van der Waals surface area contributed by atoms with Crippen molar-refractivity contribution in [1.82, 2.24) is 0 Å². The van der Waals surface area contributed by atoms with Crippen molar-refractivity contribution in [3.63, 3.8) is 0 Å². The third kappa shape index (κ3) is 2.00. The topological polar surface area (TPSA) is 44.1 Å². The molecule has 2 nitrogen and oxygen atoms in total. The van der Waals surface area contributed by atoms with Crippen LogP contribution in [-0.4, -0.2) is 16.9 Å². The smallest absolute Gasteiger partial charge is 0.114 e. The van der Waals surface area contributed by atoms with Crippen LogP contribution >= 0.6 is 12.4 Å². The Labute approximate surface area is 59.8 Å². The fraction of sp³-hybridized carbons (Fsp3) is 0.167. The molecule has 1 rings (SSSR count). The monoisotopic (exact) mass is 145 g/mol. The van der Waals surface area contributed by atoms with Crippen LogP contribution in [0.1, 0.15) is 0 Å². The highest BCUT2D eigenvalue weighted by Gasteiger charge is 2.03. The van der Waals surface area contributed by atoms with E-state index in [0.29, 0.717) is 0 Å². The molecule has 1 aliphatic carbocycles. The molecule has 0 heterocycles. The number of aliphatic hydroxyl groups is 1. The second-order valence-electron chi connectivity index (χ2n) is 1.64. The number of hydrogen-bond donors (Lipinski definition) is 2. The number of rotatable bonds is 0. The fourth-order valence-corrected chi connectivity index (χ4v) is 0.531. The molecule has 1 aliphatic rings. The molecule has 2 N–H and O–H groups in total. The molecule has 1 unspecified atom stereocenters. The Morgan fingerprint density at radius 1 is 1.44 bits per heavy atom. The van der Waals surface area contributed by atoms with Crippen LogP contribution in [0.15, 0.2) is 24.3 Å². The van der Waals surface area contributed by atoms with Crippen molar-refractivity contribution in [2.75, 3.05) is 0 Å². The third-order valence-electron chi connectivity index (χ3n) is 0.999. The second-order valence-corrected chi connectivity index (χ2v) is 1.64. The molecule has 0 aliphatic heterocycles. The predicted octanol–water partition coefficient (Wildman–Crippen LogP) is 0.915. The number of nitrogens with one attached hydrogen (secondary N) is 1. The summed E-state index contributed by atoms with van der Waals surface area (Å²) in [6.45, 7) is 0. The van der Waals surface area contributed by atoms with Gasteiger partial charge < -0.3 is 10.5 Å². The van der Waals surface area contributed by atoms with E-state index >= 15 is 0 Å². The van der Waals surface area contributed by atoms with E-state index in [4.69, 9.17) is 10.5 Å². The van der Waals surface area contributed by atoms with E-state index in [-0.39, 0.29) is 18.1 Å². The van der Waals surface area contributed by atoms with Gasteiger partial charge in [0, 0.05) is 0 Å². The molecule has 1 atom stereocenters. The van der Waals surface area contributed by atoms with Gasteiger partial charge in [0.1, 0.15) is 6.10 Å². The van der Waals surface area contributed by atoms with E-state index in [1.165, 1.54) is 0 Å². The fourth-order valence-electron chi connectivity index (χ4n) is 0.531. The number of hydrogen-bond acceptors (Lipinski definition) is 2. The van der Waals surface area contributed by atoms with Crippen LogP contribution in [0.3, 0.4) is 0 Å². The quantitative estimate of drug-likeness (QED) is 0.523. The number of aliphatic hydroxyl groups excluding tert-OH is 1. The lowest BCUT2D eigenvalue weighted by Gasteiger charge is -2.04. The predicted molar refractivity (Wildman–Crippen MR) is 39.3 cm³/mol. The molecule has 0 spiro atoms. The first-order chi connectivity index (χ1) is 3.80. The molecule has 0 radical (unpaired) electrons. The highest BCUT2D eigenvalue weighted by atomic mass is 35.5. The Hall–Kier alpha value is -0.600. The van der Waals surface area contributed by atoms with Crippen LogP contribution in [0.4, 0.5) is 0 Å². The van der Waals surface area contributed by atoms with E-state index in [1.54, 1.807) is 24.3 Å². The first-order valence-electron chi connectivity index (χ1n) is 2.42. The van der Waals surface area contributed by atoms with Gasteiger partial charge in [0.2, 0.25) is 0 Å². The largest absolute Gasteiger partial charge is 0.383 e. The summed E-state index contributed by atoms with van der Waals surface area (Å²) in [6, 6.07) is 0. The lowest BCUT2D eigenvalue weighted by molar-refractivity contribution is 0.288. The van der Waals surface area contributed by atoms with Gasteiger partial charge in [-0.15, -0.1) is 12.4 Å². The maximum absolute atomic E-state index is 8.82. The first kappa shape index (κ1) is 8.40. The molecular weight excluding hydrogens is 138 g/mol. The molecule has 9 heavy (non-hydrogen) atoms. The molecule has 0 aromatic heterocycles. The lowest BCUT2D eigenvalue weighted by Crippen LogP contribution is -2.15. The molecular formula is C6H8ClNO. The Balaban J connectivity index is 0.000000640. The summed E-state index contributed by atoms with van der Waals surface area (Å²) in [5, 5.41) is 15.8. The first-order valence-corrected chi connectivity index (χ1v) is 2.42. The summed E-state index contributed by atoms with van der Waals surface area (Å²) in [4.78, 5) is 0. The highest BCUT2D eigenvalue weighted by molar-refractivity contribution is 5.98. The molecule has 0 saturated carbocycles. The molecule has 0 aromatic carbocycles. The minimum atomic E-state index is -0.681. The van der Waals surface area contributed by atoms with Gasteiger partial charge in [0.25, 0.3) is 0 Å². The average molecular weight is 146 g/mol. The van der Waals surface area contributed by atoms with Crippen LogP contribution in [-0.2, 0) is 0 Å². The van der Waals surface area contributed by atoms with Gasteiger partial charge in [0.05, 0.1) is 5.71 Å². The molecule has 0 aromatic rings. The molecule has 3 heteroatoms. The summed E-state index contributed by atoms with van der Waals surface area (Å²) in [7, 11) is 0.